The lowest BCUT2D eigenvalue weighted by atomic mass is 10.4. The first-order valence-electron chi connectivity index (χ1n) is 4.26. The SMILES string of the molecule is Cc1ncc(Cn2cccc2C#N)s1. The average molecular weight is 203 g/mol. The number of hydrogen-bond donors (Lipinski definition) is 0. The summed E-state index contributed by atoms with van der Waals surface area (Å²) >= 11 is 1.66. The summed E-state index contributed by atoms with van der Waals surface area (Å²) in [5.74, 6) is 0. The topological polar surface area (TPSA) is 41.6 Å². The van der Waals surface area contributed by atoms with Gasteiger partial charge in [0.2, 0.25) is 0 Å². The maximum absolute atomic E-state index is 8.81. The number of nitrogens with zero attached hydrogens (tertiary/aromatic N) is 3. The zero-order chi connectivity index (χ0) is 9.97. The summed E-state index contributed by atoms with van der Waals surface area (Å²) in [7, 11) is 0. The second-order valence-electron chi connectivity index (χ2n) is 2.98. The molecule has 2 aromatic rings. The molecule has 0 aromatic carbocycles. The van der Waals surface area contributed by atoms with E-state index in [0.717, 1.165) is 11.6 Å². The van der Waals surface area contributed by atoms with Crippen molar-refractivity contribution in [1.82, 2.24) is 9.55 Å². The van der Waals surface area contributed by atoms with Crippen LogP contribution in [0.15, 0.2) is 24.5 Å². The van der Waals surface area contributed by atoms with E-state index < -0.39 is 0 Å². The van der Waals surface area contributed by atoms with E-state index in [1.54, 1.807) is 11.3 Å². The molecule has 0 spiro atoms. The first-order chi connectivity index (χ1) is 6.79. The third-order valence-corrected chi connectivity index (χ3v) is 2.84. The van der Waals surface area contributed by atoms with Crippen molar-refractivity contribution in [3.63, 3.8) is 0 Å². The van der Waals surface area contributed by atoms with Crippen molar-refractivity contribution in [2.24, 2.45) is 0 Å². The minimum atomic E-state index is 0.691. The van der Waals surface area contributed by atoms with Crippen LogP contribution in [-0.4, -0.2) is 9.55 Å². The highest BCUT2D eigenvalue weighted by Gasteiger charge is 2.02. The highest BCUT2D eigenvalue weighted by atomic mass is 32.1. The Morgan fingerprint density at radius 1 is 1.64 bits per heavy atom. The minimum absolute atomic E-state index is 0.691. The predicted molar refractivity (Wildman–Crippen MR) is 55.1 cm³/mol. The third-order valence-electron chi connectivity index (χ3n) is 1.94. The molecule has 0 aliphatic carbocycles. The Morgan fingerprint density at radius 2 is 2.50 bits per heavy atom. The summed E-state index contributed by atoms with van der Waals surface area (Å²) in [4.78, 5) is 5.35. The van der Waals surface area contributed by atoms with Crippen LogP contribution in [-0.2, 0) is 6.54 Å². The zero-order valence-electron chi connectivity index (χ0n) is 7.77. The lowest BCUT2D eigenvalue weighted by Gasteiger charge is -2.00. The molecule has 2 rings (SSSR count). The maximum Gasteiger partial charge on any atom is 0.120 e. The molecule has 14 heavy (non-hydrogen) atoms. The standard InChI is InChI=1S/C10H9N3S/c1-8-12-6-10(14-8)7-13-4-2-3-9(13)5-11/h2-4,6H,7H2,1H3. The molecule has 0 aliphatic rings. The van der Waals surface area contributed by atoms with Crippen LogP contribution in [0.2, 0.25) is 0 Å². The molecular formula is C10H9N3S. The van der Waals surface area contributed by atoms with Crippen molar-refractivity contribution in [2.45, 2.75) is 13.5 Å². The number of nitriles is 1. The van der Waals surface area contributed by atoms with Crippen LogP contribution in [0.4, 0.5) is 0 Å². The molecule has 0 amide bonds. The van der Waals surface area contributed by atoms with E-state index in [4.69, 9.17) is 5.26 Å². The first kappa shape index (κ1) is 8.97. The number of hydrogen-bond acceptors (Lipinski definition) is 3. The molecule has 0 radical (unpaired) electrons. The fourth-order valence-electron chi connectivity index (χ4n) is 1.30. The van der Waals surface area contributed by atoms with Gasteiger partial charge in [-0.1, -0.05) is 0 Å². The zero-order valence-corrected chi connectivity index (χ0v) is 8.58. The second-order valence-corrected chi connectivity index (χ2v) is 4.30. The Balaban J connectivity index is 2.23. The van der Waals surface area contributed by atoms with Gasteiger partial charge in [0.1, 0.15) is 11.8 Å². The normalized spacial score (nSPS) is 10.0. The Hall–Kier alpha value is -1.60. The molecule has 4 heteroatoms. The monoisotopic (exact) mass is 203 g/mol. The van der Waals surface area contributed by atoms with Gasteiger partial charge < -0.3 is 4.57 Å². The highest BCUT2D eigenvalue weighted by molar-refractivity contribution is 7.11. The number of aryl methyl sites for hydroxylation is 1. The van der Waals surface area contributed by atoms with Gasteiger partial charge >= 0.3 is 0 Å². The molecule has 70 valence electrons. The van der Waals surface area contributed by atoms with E-state index in [9.17, 15) is 0 Å². The molecule has 0 unspecified atom stereocenters. The summed E-state index contributed by atoms with van der Waals surface area (Å²) in [5, 5.41) is 9.87. The molecule has 2 heterocycles. The van der Waals surface area contributed by atoms with Gasteiger partial charge in [0.15, 0.2) is 0 Å². The summed E-state index contributed by atoms with van der Waals surface area (Å²) < 4.78 is 1.92. The molecule has 2 aromatic heterocycles. The van der Waals surface area contributed by atoms with Gasteiger partial charge in [0.05, 0.1) is 11.6 Å². The van der Waals surface area contributed by atoms with E-state index in [0.29, 0.717) is 5.69 Å². The summed E-state index contributed by atoms with van der Waals surface area (Å²) in [6.07, 6.45) is 3.77. The Morgan fingerprint density at radius 3 is 3.14 bits per heavy atom. The van der Waals surface area contributed by atoms with Gasteiger partial charge in [-0.25, -0.2) is 4.98 Å². The lowest BCUT2D eigenvalue weighted by molar-refractivity contribution is 0.804. The highest BCUT2D eigenvalue weighted by Crippen LogP contribution is 2.14. The van der Waals surface area contributed by atoms with E-state index in [1.165, 1.54) is 4.88 Å². The maximum atomic E-state index is 8.81. The Kier molecular flexibility index (Phi) is 2.33. The largest absolute Gasteiger partial charge is 0.334 e. The molecule has 3 nitrogen and oxygen atoms in total. The summed E-state index contributed by atoms with van der Waals surface area (Å²) in [6, 6.07) is 5.84. The van der Waals surface area contributed by atoms with Crippen LogP contribution < -0.4 is 0 Å². The van der Waals surface area contributed by atoms with Gasteiger partial charge in [0.25, 0.3) is 0 Å². The van der Waals surface area contributed by atoms with Crippen LogP contribution in [0.3, 0.4) is 0 Å². The van der Waals surface area contributed by atoms with Gasteiger partial charge in [0, 0.05) is 17.3 Å². The predicted octanol–water partition coefficient (Wildman–Crippen LogP) is 2.17. The van der Waals surface area contributed by atoms with Crippen LogP contribution in [0.1, 0.15) is 15.6 Å². The Labute approximate surface area is 86.3 Å². The number of thiazole rings is 1. The molecule has 0 bridgehead atoms. The number of aromatic nitrogens is 2. The van der Waals surface area contributed by atoms with Crippen molar-refractivity contribution in [1.29, 1.82) is 5.26 Å². The summed E-state index contributed by atoms with van der Waals surface area (Å²) in [5.41, 5.74) is 0.691. The van der Waals surface area contributed by atoms with Gasteiger partial charge in [-0.2, -0.15) is 5.26 Å². The molecule has 0 atom stereocenters. The molecule has 0 saturated carbocycles. The van der Waals surface area contributed by atoms with Gasteiger partial charge in [-0.05, 0) is 19.1 Å². The van der Waals surface area contributed by atoms with Crippen molar-refractivity contribution < 1.29 is 0 Å². The van der Waals surface area contributed by atoms with Crippen LogP contribution in [0, 0.1) is 18.3 Å². The molecule has 0 aliphatic heterocycles. The smallest absolute Gasteiger partial charge is 0.120 e. The molecular weight excluding hydrogens is 194 g/mol. The molecule has 0 saturated heterocycles. The van der Waals surface area contributed by atoms with E-state index in [-0.39, 0.29) is 0 Å². The molecule has 0 fully saturated rings. The lowest BCUT2D eigenvalue weighted by Crippen LogP contribution is -1.98. The van der Waals surface area contributed by atoms with E-state index >= 15 is 0 Å². The van der Waals surface area contributed by atoms with E-state index in [2.05, 4.69) is 11.1 Å². The fourth-order valence-corrected chi connectivity index (χ4v) is 2.09. The summed E-state index contributed by atoms with van der Waals surface area (Å²) in [6.45, 7) is 2.72. The second kappa shape index (κ2) is 3.64. The van der Waals surface area contributed by atoms with Crippen molar-refractivity contribution in [3.8, 4) is 6.07 Å². The Bertz CT molecular complexity index is 476. The van der Waals surface area contributed by atoms with Crippen LogP contribution in [0.25, 0.3) is 0 Å². The molecule has 0 N–H and O–H groups in total. The quantitative estimate of drug-likeness (QED) is 0.750. The third kappa shape index (κ3) is 1.68. The first-order valence-corrected chi connectivity index (χ1v) is 5.08. The van der Waals surface area contributed by atoms with Crippen molar-refractivity contribution >= 4 is 11.3 Å². The van der Waals surface area contributed by atoms with E-state index in [1.807, 2.05) is 36.0 Å². The van der Waals surface area contributed by atoms with Crippen molar-refractivity contribution in [2.75, 3.05) is 0 Å². The van der Waals surface area contributed by atoms with Crippen LogP contribution >= 0.6 is 11.3 Å². The number of rotatable bonds is 2. The van der Waals surface area contributed by atoms with Gasteiger partial charge in [-0.3, -0.25) is 0 Å². The van der Waals surface area contributed by atoms with Crippen molar-refractivity contribution in [3.05, 3.63) is 40.1 Å². The fraction of sp³-hybridized carbons (Fsp3) is 0.200. The minimum Gasteiger partial charge on any atom is -0.334 e. The average Bonchev–Trinajstić information content (AvgIpc) is 2.76. The van der Waals surface area contributed by atoms with Gasteiger partial charge in [-0.15, -0.1) is 11.3 Å². The van der Waals surface area contributed by atoms with Crippen LogP contribution in [0.5, 0.6) is 0 Å².